The molecule has 90 valence electrons. The molecule has 0 N–H and O–H groups in total. The summed E-state index contributed by atoms with van der Waals surface area (Å²) in [6.07, 6.45) is 0.927. The fourth-order valence-corrected chi connectivity index (χ4v) is 2.14. The number of carbonyl (C=O) groups is 2. The van der Waals surface area contributed by atoms with E-state index >= 15 is 0 Å². The minimum Gasteiger partial charge on any atom is -0.338 e. The van der Waals surface area contributed by atoms with Gasteiger partial charge >= 0.3 is 0 Å². The van der Waals surface area contributed by atoms with Crippen molar-refractivity contribution in [2.45, 2.75) is 19.8 Å². The van der Waals surface area contributed by atoms with Gasteiger partial charge in [0.15, 0.2) is 0 Å². The lowest BCUT2D eigenvalue weighted by Crippen LogP contribution is -2.38. The molecule has 1 heterocycles. The van der Waals surface area contributed by atoms with Crippen LogP contribution in [0.3, 0.4) is 0 Å². The van der Waals surface area contributed by atoms with Crippen LogP contribution in [0.15, 0.2) is 18.2 Å². The van der Waals surface area contributed by atoms with E-state index in [1.54, 1.807) is 23.1 Å². The van der Waals surface area contributed by atoms with Gasteiger partial charge in [-0.1, -0.05) is 17.7 Å². The molecule has 0 bridgehead atoms. The van der Waals surface area contributed by atoms with Gasteiger partial charge in [0.2, 0.25) is 0 Å². The minimum absolute atomic E-state index is 0.0301. The SMILES string of the molecule is Cc1c(Cl)cccc1C(=O)N1CCC(=O)CC1. The number of ketones is 1. The fourth-order valence-electron chi connectivity index (χ4n) is 1.97. The molecule has 0 radical (unpaired) electrons. The van der Waals surface area contributed by atoms with Crippen LogP contribution in [0.4, 0.5) is 0 Å². The molecule has 4 heteroatoms. The summed E-state index contributed by atoms with van der Waals surface area (Å²) in [5.74, 6) is 0.203. The molecule has 1 amide bonds. The largest absolute Gasteiger partial charge is 0.338 e. The highest BCUT2D eigenvalue weighted by Crippen LogP contribution is 2.21. The molecule has 0 aromatic heterocycles. The van der Waals surface area contributed by atoms with Gasteiger partial charge in [-0.05, 0) is 24.6 Å². The summed E-state index contributed by atoms with van der Waals surface area (Å²) in [4.78, 5) is 25.1. The zero-order chi connectivity index (χ0) is 12.4. The molecule has 3 nitrogen and oxygen atoms in total. The Kier molecular flexibility index (Phi) is 3.48. The maximum absolute atomic E-state index is 12.2. The van der Waals surface area contributed by atoms with Gasteiger partial charge in [-0.2, -0.15) is 0 Å². The lowest BCUT2D eigenvalue weighted by molar-refractivity contribution is -0.120. The molecule has 1 aromatic carbocycles. The maximum Gasteiger partial charge on any atom is 0.254 e. The van der Waals surface area contributed by atoms with Crippen molar-refractivity contribution in [3.8, 4) is 0 Å². The van der Waals surface area contributed by atoms with E-state index in [2.05, 4.69) is 0 Å². The van der Waals surface area contributed by atoms with Crippen molar-refractivity contribution in [3.63, 3.8) is 0 Å². The number of nitrogens with zero attached hydrogens (tertiary/aromatic N) is 1. The predicted octanol–water partition coefficient (Wildman–Crippen LogP) is 2.45. The Labute approximate surface area is 105 Å². The third-order valence-corrected chi connectivity index (χ3v) is 3.52. The summed E-state index contributed by atoms with van der Waals surface area (Å²) in [6, 6.07) is 5.32. The molecule has 0 atom stereocenters. The smallest absolute Gasteiger partial charge is 0.254 e. The van der Waals surface area contributed by atoms with Crippen LogP contribution in [0.25, 0.3) is 0 Å². The number of hydrogen-bond acceptors (Lipinski definition) is 2. The van der Waals surface area contributed by atoms with E-state index in [9.17, 15) is 9.59 Å². The average molecular weight is 252 g/mol. The van der Waals surface area contributed by atoms with E-state index in [0.29, 0.717) is 36.5 Å². The number of benzene rings is 1. The Bertz CT molecular complexity index is 460. The van der Waals surface area contributed by atoms with Crippen LogP contribution in [0.2, 0.25) is 5.02 Å². The Morgan fingerprint density at radius 2 is 1.94 bits per heavy atom. The number of piperidine rings is 1. The first-order valence-corrected chi connectivity index (χ1v) is 6.03. The second kappa shape index (κ2) is 4.88. The van der Waals surface area contributed by atoms with Gasteiger partial charge in [0.1, 0.15) is 5.78 Å². The second-order valence-corrected chi connectivity index (χ2v) is 4.65. The maximum atomic E-state index is 12.2. The lowest BCUT2D eigenvalue weighted by atomic mass is 10.0. The zero-order valence-electron chi connectivity index (χ0n) is 9.70. The van der Waals surface area contributed by atoms with Crippen molar-refractivity contribution in [2.75, 3.05) is 13.1 Å². The van der Waals surface area contributed by atoms with Gasteiger partial charge in [0, 0.05) is 36.5 Å². The summed E-state index contributed by atoms with van der Waals surface area (Å²) >= 11 is 6.00. The van der Waals surface area contributed by atoms with Crippen LogP contribution >= 0.6 is 11.6 Å². The third kappa shape index (κ3) is 2.50. The van der Waals surface area contributed by atoms with Crippen LogP contribution in [-0.4, -0.2) is 29.7 Å². The van der Waals surface area contributed by atoms with Crippen LogP contribution in [-0.2, 0) is 4.79 Å². The first-order chi connectivity index (χ1) is 8.09. The first kappa shape index (κ1) is 12.1. The van der Waals surface area contributed by atoms with E-state index in [0.717, 1.165) is 5.56 Å². The van der Waals surface area contributed by atoms with Crippen molar-refractivity contribution in [3.05, 3.63) is 34.3 Å². The zero-order valence-corrected chi connectivity index (χ0v) is 10.5. The summed E-state index contributed by atoms with van der Waals surface area (Å²) in [6.45, 7) is 2.87. The Hall–Kier alpha value is -1.35. The number of rotatable bonds is 1. The number of amides is 1. The number of carbonyl (C=O) groups excluding carboxylic acids is 2. The van der Waals surface area contributed by atoms with Crippen molar-refractivity contribution in [1.29, 1.82) is 0 Å². The van der Waals surface area contributed by atoms with Crippen LogP contribution in [0, 0.1) is 6.92 Å². The molecule has 2 rings (SSSR count). The molecule has 1 saturated heterocycles. The normalized spacial score (nSPS) is 16.1. The predicted molar refractivity (Wildman–Crippen MR) is 66.3 cm³/mol. The van der Waals surface area contributed by atoms with Crippen molar-refractivity contribution < 1.29 is 9.59 Å². The quantitative estimate of drug-likeness (QED) is 0.769. The molecule has 1 aliphatic rings. The summed E-state index contributed by atoms with van der Waals surface area (Å²) in [7, 11) is 0. The highest BCUT2D eigenvalue weighted by atomic mass is 35.5. The molecule has 0 unspecified atom stereocenters. The molecule has 1 aliphatic heterocycles. The number of halogens is 1. The van der Waals surface area contributed by atoms with Gasteiger partial charge in [-0.3, -0.25) is 9.59 Å². The van der Waals surface area contributed by atoms with Gasteiger partial charge < -0.3 is 4.90 Å². The van der Waals surface area contributed by atoms with Crippen LogP contribution < -0.4 is 0 Å². The Balaban J connectivity index is 2.20. The average Bonchev–Trinajstić information content (AvgIpc) is 2.33. The minimum atomic E-state index is -0.0301. The molecule has 0 aliphatic carbocycles. The summed E-state index contributed by atoms with van der Waals surface area (Å²) in [5.41, 5.74) is 1.43. The van der Waals surface area contributed by atoms with Crippen molar-refractivity contribution in [1.82, 2.24) is 4.90 Å². The Morgan fingerprint density at radius 1 is 1.29 bits per heavy atom. The van der Waals surface area contributed by atoms with Crippen molar-refractivity contribution >= 4 is 23.3 Å². The molecular formula is C13H14ClNO2. The third-order valence-electron chi connectivity index (χ3n) is 3.11. The standard InChI is InChI=1S/C13H14ClNO2/c1-9-11(3-2-4-12(9)14)13(17)15-7-5-10(16)6-8-15/h2-4H,5-8H2,1H3. The number of likely N-dealkylation sites (tertiary alicyclic amines) is 1. The monoisotopic (exact) mass is 251 g/mol. The highest BCUT2D eigenvalue weighted by molar-refractivity contribution is 6.31. The van der Waals surface area contributed by atoms with E-state index < -0.39 is 0 Å². The topological polar surface area (TPSA) is 37.4 Å². The first-order valence-electron chi connectivity index (χ1n) is 5.65. The van der Waals surface area contributed by atoms with E-state index in [4.69, 9.17) is 11.6 Å². The number of Topliss-reactive ketones (excluding diaryl/α,β-unsaturated/α-hetero) is 1. The van der Waals surface area contributed by atoms with Crippen LogP contribution in [0.1, 0.15) is 28.8 Å². The molecule has 1 aromatic rings. The Morgan fingerprint density at radius 3 is 2.59 bits per heavy atom. The second-order valence-electron chi connectivity index (χ2n) is 4.24. The fraction of sp³-hybridized carbons (Fsp3) is 0.385. The molecule has 17 heavy (non-hydrogen) atoms. The van der Waals surface area contributed by atoms with Crippen molar-refractivity contribution in [2.24, 2.45) is 0 Å². The van der Waals surface area contributed by atoms with E-state index in [1.807, 2.05) is 6.92 Å². The summed E-state index contributed by atoms with van der Waals surface area (Å²) in [5, 5.41) is 0.601. The number of hydrogen-bond donors (Lipinski definition) is 0. The van der Waals surface area contributed by atoms with Crippen LogP contribution in [0.5, 0.6) is 0 Å². The lowest BCUT2D eigenvalue weighted by Gasteiger charge is -2.26. The molecule has 1 fully saturated rings. The van der Waals surface area contributed by atoms with Gasteiger partial charge in [-0.25, -0.2) is 0 Å². The summed E-state index contributed by atoms with van der Waals surface area (Å²) < 4.78 is 0. The highest BCUT2D eigenvalue weighted by Gasteiger charge is 2.23. The van der Waals surface area contributed by atoms with E-state index in [1.165, 1.54) is 0 Å². The molecule has 0 spiro atoms. The van der Waals surface area contributed by atoms with Gasteiger partial charge in [-0.15, -0.1) is 0 Å². The van der Waals surface area contributed by atoms with Gasteiger partial charge in [0.05, 0.1) is 0 Å². The molecular weight excluding hydrogens is 238 g/mol. The van der Waals surface area contributed by atoms with Gasteiger partial charge in [0.25, 0.3) is 5.91 Å². The van der Waals surface area contributed by atoms with E-state index in [-0.39, 0.29) is 11.7 Å². The molecule has 0 saturated carbocycles.